The van der Waals surface area contributed by atoms with Gasteiger partial charge in [-0.1, -0.05) is 127 Å². The Kier molecular flexibility index (Phi) is 6.80. The van der Waals surface area contributed by atoms with Crippen LogP contribution in [-0.2, 0) is 0 Å². The molecule has 0 bridgehead atoms. The Bertz CT molecular complexity index is 3460. The maximum Gasteiger partial charge on any atom is 0.143 e. The zero-order chi connectivity index (χ0) is 36.7. The van der Waals surface area contributed by atoms with Crippen LogP contribution in [0.1, 0.15) is 0 Å². The second-order valence-electron chi connectivity index (χ2n) is 14.4. The highest BCUT2D eigenvalue weighted by atomic mass is 32.1. The summed E-state index contributed by atoms with van der Waals surface area (Å²) in [4.78, 5) is 2.45. The van der Waals surface area contributed by atoms with Gasteiger partial charge in [0.2, 0.25) is 0 Å². The summed E-state index contributed by atoms with van der Waals surface area (Å²) in [5.74, 6) is 0. The Labute approximate surface area is 326 Å². The lowest BCUT2D eigenvalue weighted by Crippen LogP contribution is -2.13. The summed E-state index contributed by atoms with van der Waals surface area (Å²) in [5.41, 5.74) is 10.8. The molecule has 0 radical (unpaired) electrons. The topological polar surface area (TPSA) is 21.3 Å². The average molecular weight is 733 g/mol. The molecule has 0 aliphatic heterocycles. The van der Waals surface area contributed by atoms with Crippen LogP contribution < -0.4 is 4.90 Å². The summed E-state index contributed by atoms with van der Waals surface area (Å²) in [5, 5.41) is 9.52. The van der Waals surface area contributed by atoms with Gasteiger partial charge in [-0.2, -0.15) is 0 Å². The van der Waals surface area contributed by atoms with Crippen molar-refractivity contribution in [3.8, 4) is 16.8 Å². The molecule has 0 saturated heterocycles. The first-order valence-electron chi connectivity index (χ1n) is 19.0. The Hall–Kier alpha value is -7.14. The first-order valence-corrected chi connectivity index (χ1v) is 19.8. The van der Waals surface area contributed by atoms with Crippen molar-refractivity contribution in [3.63, 3.8) is 0 Å². The summed E-state index contributed by atoms with van der Waals surface area (Å²) in [6, 6.07) is 70.2. The molecule has 12 rings (SSSR count). The highest BCUT2D eigenvalue weighted by Gasteiger charge is 2.24. The number of benzene rings is 9. The number of anilines is 3. The molecular weight excluding hydrogens is 701 g/mol. The van der Waals surface area contributed by atoms with Crippen LogP contribution in [-0.4, -0.2) is 4.57 Å². The lowest BCUT2D eigenvalue weighted by Gasteiger charge is -2.29. The molecule has 0 unspecified atom stereocenters. The largest absolute Gasteiger partial charge is 0.455 e. The monoisotopic (exact) mass is 732 g/mol. The highest BCUT2D eigenvalue weighted by molar-refractivity contribution is 7.25. The molecule has 56 heavy (non-hydrogen) atoms. The summed E-state index contributed by atoms with van der Waals surface area (Å²) in [6.07, 6.45) is 0. The molecule has 4 heteroatoms. The molecule has 0 spiro atoms. The smallest absolute Gasteiger partial charge is 0.143 e. The molecule has 12 aromatic rings. The first-order chi connectivity index (χ1) is 27.8. The van der Waals surface area contributed by atoms with Gasteiger partial charge in [0.1, 0.15) is 11.2 Å². The van der Waals surface area contributed by atoms with Crippen LogP contribution in [0.4, 0.5) is 17.1 Å². The minimum Gasteiger partial charge on any atom is -0.455 e. The van der Waals surface area contributed by atoms with Crippen LogP contribution in [0.15, 0.2) is 199 Å². The summed E-state index contributed by atoms with van der Waals surface area (Å²) < 4.78 is 11.8. The Morgan fingerprint density at radius 3 is 1.96 bits per heavy atom. The SMILES string of the molecule is c1cc(-c2cccc3sc4ccccc4c23)cc(N(c2ccccc2-n2c3ccccc3c3ccccc32)c2cccc3oc4c5ccccc5ccc4c23)c1. The first kappa shape index (κ1) is 31.2. The van der Waals surface area contributed by atoms with Crippen LogP contribution >= 0.6 is 11.3 Å². The predicted octanol–water partition coefficient (Wildman–Crippen LogP) is 15.3. The van der Waals surface area contributed by atoms with Crippen molar-refractivity contribution in [2.45, 2.75) is 0 Å². The molecular formula is C52H32N2OS. The molecule has 3 nitrogen and oxygen atoms in total. The Balaban J connectivity index is 1.17. The van der Waals surface area contributed by atoms with E-state index in [1.54, 1.807) is 0 Å². The Morgan fingerprint density at radius 1 is 0.446 bits per heavy atom. The number of fused-ring (bicyclic) bond motifs is 11. The van der Waals surface area contributed by atoms with Crippen molar-refractivity contribution < 1.29 is 4.42 Å². The molecule has 0 saturated carbocycles. The fraction of sp³-hybridized carbons (Fsp3) is 0. The normalized spacial score (nSPS) is 11.9. The third-order valence-corrected chi connectivity index (χ3v) is 12.5. The van der Waals surface area contributed by atoms with Crippen molar-refractivity contribution in [2.75, 3.05) is 4.90 Å². The average Bonchev–Trinajstić information content (AvgIpc) is 3.94. The van der Waals surface area contributed by atoms with E-state index in [4.69, 9.17) is 4.42 Å². The van der Waals surface area contributed by atoms with E-state index in [0.717, 1.165) is 55.5 Å². The van der Waals surface area contributed by atoms with E-state index in [-0.39, 0.29) is 0 Å². The van der Waals surface area contributed by atoms with Crippen molar-refractivity contribution in [1.82, 2.24) is 4.57 Å². The molecule has 9 aromatic carbocycles. The summed E-state index contributed by atoms with van der Waals surface area (Å²) in [6.45, 7) is 0. The zero-order valence-electron chi connectivity index (χ0n) is 30.2. The van der Waals surface area contributed by atoms with E-state index >= 15 is 0 Å². The number of thiophene rings is 1. The van der Waals surface area contributed by atoms with Gasteiger partial charge in [0.05, 0.1) is 33.5 Å². The summed E-state index contributed by atoms with van der Waals surface area (Å²) >= 11 is 1.86. The van der Waals surface area contributed by atoms with Crippen molar-refractivity contribution >= 4 is 103 Å². The van der Waals surface area contributed by atoms with E-state index in [9.17, 15) is 0 Å². The van der Waals surface area contributed by atoms with Crippen molar-refractivity contribution in [2.24, 2.45) is 0 Å². The maximum absolute atomic E-state index is 6.79. The molecule has 0 fully saturated rings. The lowest BCUT2D eigenvalue weighted by atomic mass is 9.98. The van der Waals surface area contributed by atoms with Gasteiger partial charge in [0.15, 0.2) is 0 Å². The van der Waals surface area contributed by atoms with E-state index in [2.05, 4.69) is 204 Å². The number of furan rings is 1. The third-order valence-electron chi connectivity index (χ3n) is 11.4. The van der Waals surface area contributed by atoms with Gasteiger partial charge >= 0.3 is 0 Å². The number of nitrogens with zero attached hydrogens (tertiary/aromatic N) is 2. The number of hydrogen-bond acceptors (Lipinski definition) is 3. The molecule has 0 N–H and O–H groups in total. The standard InChI is InChI=1S/C52H32N2OS/c1-2-17-37-33(14-1)30-31-41-51-46(26-13-27-47(51)55-52(37)41)53(35-16-11-15-34(32-35)36-21-12-29-49-50(36)40-20-5-10-28-48(40)56-49)44-24-8-9-25-45(44)54-42-22-6-3-18-38(42)39-19-4-7-23-43(39)54/h1-32H. The van der Waals surface area contributed by atoms with E-state index < -0.39 is 0 Å². The Morgan fingerprint density at radius 2 is 1.11 bits per heavy atom. The highest BCUT2D eigenvalue weighted by Crippen LogP contribution is 2.48. The van der Waals surface area contributed by atoms with Crippen molar-refractivity contribution in [1.29, 1.82) is 0 Å². The molecule has 3 heterocycles. The van der Waals surface area contributed by atoms with Gasteiger partial charge in [-0.05, 0) is 83.2 Å². The van der Waals surface area contributed by atoms with E-state index in [1.165, 1.54) is 53.1 Å². The van der Waals surface area contributed by atoms with Crippen LogP contribution in [0.5, 0.6) is 0 Å². The number of rotatable bonds is 5. The number of aromatic nitrogens is 1. The fourth-order valence-corrected chi connectivity index (χ4v) is 10.1. The predicted molar refractivity (Wildman–Crippen MR) is 239 cm³/mol. The van der Waals surface area contributed by atoms with Crippen LogP contribution in [0.25, 0.3) is 91.5 Å². The van der Waals surface area contributed by atoms with Gasteiger partial charge in [0.25, 0.3) is 0 Å². The number of hydrogen-bond donors (Lipinski definition) is 0. The molecule has 3 aromatic heterocycles. The molecule has 0 atom stereocenters. The fourth-order valence-electron chi connectivity index (χ4n) is 8.98. The van der Waals surface area contributed by atoms with Gasteiger partial charge in [-0.15, -0.1) is 11.3 Å². The van der Waals surface area contributed by atoms with Crippen LogP contribution in [0.3, 0.4) is 0 Å². The van der Waals surface area contributed by atoms with Crippen LogP contribution in [0, 0.1) is 0 Å². The molecule has 262 valence electrons. The van der Waals surface area contributed by atoms with Crippen molar-refractivity contribution in [3.05, 3.63) is 194 Å². The van der Waals surface area contributed by atoms with Crippen LogP contribution in [0.2, 0.25) is 0 Å². The quantitative estimate of drug-likeness (QED) is 0.176. The minimum absolute atomic E-state index is 0.860. The van der Waals surface area contributed by atoms with Gasteiger partial charge in [0, 0.05) is 47.4 Å². The second kappa shape index (κ2) is 12.2. The lowest BCUT2D eigenvalue weighted by molar-refractivity contribution is 0.672. The number of para-hydroxylation sites is 4. The van der Waals surface area contributed by atoms with E-state index in [0.29, 0.717) is 0 Å². The summed E-state index contributed by atoms with van der Waals surface area (Å²) in [7, 11) is 0. The minimum atomic E-state index is 0.860. The van der Waals surface area contributed by atoms with Gasteiger partial charge in [-0.3, -0.25) is 0 Å². The second-order valence-corrected chi connectivity index (χ2v) is 15.5. The maximum atomic E-state index is 6.79. The molecule has 0 aliphatic rings. The van der Waals surface area contributed by atoms with Gasteiger partial charge in [-0.25, -0.2) is 0 Å². The zero-order valence-corrected chi connectivity index (χ0v) is 31.0. The molecule has 0 amide bonds. The van der Waals surface area contributed by atoms with Gasteiger partial charge < -0.3 is 13.9 Å². The molecule has 0 aliphatic carbocycles. The van der Waals surface area contributed by atoms with E-state index in [1.807, 2.05) is 11.3 Å². The third kappa shape index (κ3) is 4.57.